The SMILES string of the molecule is CCCC(NCC(=O)Nc1ccc(C(C)(C)C)cc1)C(=O)O.Cl. The van der Waals surface area contributed by atoms with Crippen molar-refractivity contribution in [3.63, 3.8) is 0 Å². The third kappa shape index (κ3) is 7.48. The highest BCUT2D eigenvalue weighted by molar-refractivity contribution is 5.92. The summed E-state index contributed by atoms with van der Waals surface area (Å²) in [6.45, 7) is 8.28. The molecule has 3 N–H and O–H groups in total. The number of carbonyl (C=O) groups is 2. The molecule has 0 aliphatic rings. The Labute approximate surface area is 144 Å². The van der Waals surface area contributed by atoms with Gasteiger partial charge in [0.25, 0.3) is 0 Å². The van der Waals surface area contributed by atoms with Gasteiger partial charge in [-0.15, -0.1) is 12.4 Å². The van der Waals surface area contributed by atoms with E-state index in [0.717, 1.165) is 6.42 Å². The lowest BCUT2D eigenvalue weighted by Gasteiger charge is -2.19. The fourth-order valence-corrected chi connectivity index (χ4v) is 2.08. The minimum Gasteiger partial charge on any atom is -0.480 e. The van der Waals surface area contributed by atoms with Crippen molar-refractivity contribution in [1.29, 1.82) is 0 Å². The molecular formula is C17H27ClN2O3. The molecule has 6 heteroatoms. The van der Waals surface area contributed by atoms with E-state index >= 15 is 0 Å². The molecular weight excluding hydrogens is 316 g/mol. The first-order valence-electron chi connectivity index (χ1n) is 7.60. The van der Waals surface area contributed by atoms with Gasteiger partial charge in [0.15, 0.2) is 0 Å². The summed E-state index contributed by atoms with van der Waals surface area (Å²) >= 11 is 0. The zero-order valence-corrected chi connectivity index (χ0v) is 15.0. The van der Waals surface area contributed by atoms with Crippen molar-refractivity contribution in [3.05, 3.63) is 29.8 Å². The van der Waals surface area contributed by atoms with Crippen molar-refractivity contribution >= 4 is 30.0 Å². The highest BCUT2D eigenvalue weighted by Gasteiger charge is 2.17. The van der Waals surface area contributed by atoms with Gasteiger partial charge < -0.3 is 10.4 Å². The Hall–Kier alpha value is -1.59. The standard InChI is InChI=1S/C17H26N2O3.ClH/c1-5-6-14(16(21)22)18-11-15(20)19-13-9-7-12(8-10-13)17(2,3)4;/h7-10,14,18H,5-6,11H2,1-4H3,(H,19,20)(H,21,22);1H. The van der Waals surface area contributed by atoms with Gasteiger partial charge in [0.1, 0.15) is 6.04 Å². The maximum atomic E-state index is 11.9. The second kappa shape index (κ2) is 9.53. The first-order chi connectivity index (χ1) is 10.2. The lowest BCUT2D eigenvalue weighted by molar-refractivity contribution is -0.139. The average molecular weight is 343 g/mol. The Balaban J connectivity index is 0.00000484. The second-order valence-electron chi connectivity index (χ2n) is 6.44. The monoisotopic (exact) mass is 342 g/mol. The van der Waals surface area contributed by atoms with Crippen LogP contribution in [-0.4, -0.2) is 29.6 Å². The van der Waals surface area contributed by atoms with E-state index in [1.165, 1.54) is 5.56 Å². The number of aliphatic carboxylic acids is 1. The van der Waals surface area contributed by atoms with Gasteiger partial charge in [-0.05, 0) is 29.5 Å². The van der Waals surface area contributed by atoms with Gasteiger partial charge in [0.2, 0.25) is 5.91 Å². The van der Waals surface area contributed by atoms with Gasteiger partial charge in [-0.3, -0.25) is 14.9 Å². The first kappa shape index (κ1) is 21.4. The van der Waals surface area contributed by atoms with Crippen LogP contribution in [0.15, 0.2) is 24.3 Å². The number of hydrogen-bond donors (Lipinski definition) is 3. The summed E-state index contributed by atoms with van der Waals surface area (Å²) < 4.78 is 0. The molecule has 1 atom stereocenters. The molecule has 130 valence electrons. The number of carbonyl (C=O) groups excluding carboxylic acids is 1. The number of anilines is 1. The number of rotatable bonds is 7. The van der Waals surface area contributed by atoms with E-state index in [1.54, 1.807) is 0 Å². The van der Waals surface area contributed by atoms with Crippen molar-refractivity contribution in [1.82, 2.24) is 5.32 Å². The molecule has 0 saturated heterocycles. The smallest absolute Gasteiger partial charge is 0.320 e. The highest BCUT2D eigenvalue weighted by atomic mass is 35.5. The minimum atomic E-state index is -0.927. The predicted octanol–water partition coefficient (Wildman–Crippen LogP) is 3.19. The molecule has 23 heavy (non-hydrogen) atoms. The minimum absolute atomic E-state index is 0. The van der Waals surface area contributed by atoms with Gasteiger partial charge in [-0.2, -0.15) is 0 Å². The third-order valence-corrected chi connectivity index (χ3v) is 3.42. The van der Waals surface area contributed by atoms with Crippen molar-refractivity contribution in [3.8, 4) is 0 Å². The van der Waals surface area contributed by atoms with Crippen LogP contribution in [0.1, 0.15) is 46.1 Å². The van der Waals surface area contributed by atoms with Crippen molar-refractivity contribution in [2.75, 3.05) is 11.9 Å². The average Bonchev–Trinajstić information content (AvgIpc) is 2.42. The van der Waals surface area contributed by atoms with Crippen LogP contribution in [0.4, 0.5) is 5.69 Å². The van der Waals surface area contributed by atoms with E-state index in [-0.39, 0.29) is 30.3 Å². The largest absolute Gasteiger partial charge is 0.480 e. The normalized spacial score (nSPS) is 12.2. The topological polar surface area (TPSA) is 78.4 Å². The quantitative estimate of drug-likeness (QED) is 0.711. The Kier molecular flexibility index (Phi) is 8.87. The van der Waals surface area contributed by atoms with E-state index in [4.69, 9.17) is 5.11 Å². The number of carboxylic acids is 1. The van der Waals surface area contributed by atoms with E-state index in [9.17, 15) is 9.59 Å². The van der Waals surface area contributed by atoms with Crippen LogP contribution in [0, 0.1) is 0 Å². The van der Waals surface area contributed by atoms with Crippen LogP contribution in [0.5, 0.6) is 0 Å². The molecule has 0 spiro atoms. The predicted molar refractivity (Wildman–Crippen MR) is 95.4 cm³/mol. The van der Waals surface area contributed by atoms with Gasteiger partial charge in [-0.25, -0.2) is 0 Å². The van der Waals surface area contributed by atoms with Crippen molar-refractivity contribution < 1.29 is 14.7 Å². The van der Waals surface area contributed by atoms with Gasteiger partial charge >= 0.3 is 5.97 Å². The van der Waals surface area contributed by atoms with Crippen LogP contribution in [0.3, 0.4) is 0 Å². The number of benzene rings is 1. The van der Waals surface area contributed by atoms with Gasteiger partial charge in [-0.1, -0.05) is 46.2 Å². The molecule has 1 rings (SSSR count). The molecule has 0 fully saturated rings. The fraction of sp³-hybridized carbons (Fsp3) is 0.529. The molecule has 1 aromatic rings. The zero-order valence-electron chi connectivity index (χ0n) is 14.2. The maximum Gasteiger partial charge on any atom is 0.320 e. The summed E-state index contributed by atoms with van der Waals surface area (Å²) in [7, 11) is 0. The molecule has 0 bridgehead atoms. The van der Waals surface area contributed by atoms with Crippen LogP contribution in [0.25, 0.3) is 0 Å². The number of hydrogen-bond acceptors (Lipinski definition) is 3. The second-order valence-corrected chi connectivity index (χ2v) is 6.44. The lowest BCUT2D eigenvalue weighted by Crippen LogP contribution is -2.41. The molecule has 1 unspecified atom stereocenters. The number of halogens is 1. The summed E-state index contributed by atoms with van der Waals surface area (Å²) in [6.07, 6.45) is 1.25. The molecule has 0 heterocycles. The summed E-state index contributed by atoms with van der Waals surface area (Å²) in [4.78, 5) is 22.9. The van der Waals surface area contributed by atoms with E-state index in [0.29, 0.717) is 12.1 Å². The summed E-state index contributed by atoms with van der Waals surface area (Å²) in [5.41, 5.74) is 1.97. The molecule has 0 aliphatic carbocycles. The van der Waals surface area contributed by atoms with E-state index < -0.39 is 12.0 Å². The molecule has 0 radical (unpaired) electrons. The van der Waals surface area contributed by atoms with Gasteiger partial charge in [0, 0.05) is 5.69 Å². The molecule has 0 aromatic heterocycles. The summed E-state index contributed by atoms with van der Waals surface area (Å²) in [5, 5.41) is 14.5. The maximum absolute atomic E-state index is 11.9. The van der Waals surface area contributed by atoms with Crippen LogP contribution in [0.2, 0.25) is 0 Å². The first-order valence-corrected chi connectivity index (χ1v) is 7.60. The van der Waals surface area contributed by atoms with Crippen LogP contribution in [-0.2, 0) is 15.0 Å². The number of carboxylic acid groups (broad SMARTS) is 1. The Morgan fingerprint density at radius 3 is 2.17 bits per heavy atom. The van der Waals surface area contributed by atoms with Crippen molar-refractivity contribution in [2.45, 2.75) is 52.0 Å². The van der Waals surface area contributed by atoms with Gasteiger partial charge in [0.05, 0.1) is 6.54 Å². The van der Waals surface area contributed by atoms with E-state index in [1.807, 2.05) is 31.2 Å². The lowest BCUT2D eigenvalue weighted by atomic mass is 9.87. The van der Waals surface area contributed by atoms with Crippen LogP contribution >= 0.6 is 12.4 Å². The molecule has 1 amide bonds. The number of amides is 1. The van der Waals surface area contributed by atoms with Crippen molar-refractivity contribution in [2.24, 2.45) is 0 Å². The Morgan fingerprint density at radius 2 is 1.74 bits per heavy atom. The third-order valence-electron chi connectivity index (χ3n) is 3.42. The molecule has 5 nitrogen and oxygen atoms in total. The summed E-state index contributed by atoms with van der Waals surface area (Å²) in [6, 6.07) is 7.01. The fourth-order valence-electron chi connectivity index (χ4n) is 2.08. The Morgan fingerprint density at radius 1 is 1.17 bits per heavy atom. The zero-order chi connectivity index (χ0) is 16.8. The van der Waals surface area contributed by atoms with Crippen LogP contribution < -0.4 is 10.6 Å². The Bertz CT molecular complexity index is 510. The van der Waals surface area contributed by atoms with E-state index in [2.05, 4.69) is 31.4 Å². The molecule has 1 aromatic carbocycles. The molecule has 0 saturated carbocycles. The molecule has 0 aliphatic heterocycles. The number of nitrogens with one attached hydrogen (secondary N) is 2. The summed E-state index contributed by atoms with van der Waals surface area (Å²) in [5.74, 6) is -1.17. The highest BCUT2D eigenvalue weighted by Crippen LogP contribution is 2.23.